The molecular weight excluding hydrogens is 911 g/mol. The van der Waals surface area contributed by atoms with E-state index < -0.39 is 12.1 Å². The van der Waals surface area contributed by atoms with Crippen molar-refractivity contribution in [2.75, 3.05) is 13.2 Å². The third-order valence-corrected chi connectivity index (χ3v) is 15.4. The molecule has 0 aromatic carbocycles. The van der Waals surface area contributed by atoms with Crippen LogP contribution in [0.25, 0.3) is 0 Å². The van der Waals surface area contributed by atoms with E-state index in [1.54, 1.807) is 6.08 Å². The lowest BCUT2D eigenvalue weighted by Gasteiger charge is -2.20. The molecule has 436 valence electrons. The summed E-state index contributed by atoms with van der Waals surface area (Å²) in [6.45, 7) is 4.83. The molecule has 0 heterocycles. The number of allylic oxidation sites excluding steroid dienone is 4. The molecule has 0 aliphatic carbocycles. The highest BCUT2D eigenvalue weighted by Crippen LogP contribution is 2.18. The van der Waals surface area contributed by atoms with E-state index in [2.05, 4.69) is 43.5 Å². The Morgan fingerprint density at radius 1 is 0.378 bits per heavy atom. The van der Waals surface area contributed by atoms with Crippen molar-refractivity contribution in [3.05, 3.63) is 36.5 Å². The lowest BCUT2D eigenvalue weighted by Crippen LogP contribution is -2.45. The maximum atomic E-state index is 12.5. The number of rotatable bonds is 62. The summed E-state index contributed by atoms with van der Waals surface area (Å²) in [5.41, 5.74) is 0. The third kappa shape index (κ3) is 59.3. The predicted molar refractivity (Wildman–Crippen MR) is 324 cm³/mol. The number of unbranched alkanes of at least 4 members (excludes halogenated alkanes) is 47. The van der Waals surface area contributed by atoms with Gasteiger partial charge in [-0.2, -0.15) is 0 Å². The lowest BCUT2D eigenvalue weighted by atomic mass is 10.0. The summed E-state index contributed by atoms with van der Waals surface area (Å²) >= 11 is 0. The highest BCUT2D eigenvalue weighted by Gasteiger charge is 2.18. The van der Waals surface area contributed by atoms with Crippen molar-refractivity contribution < 1.29 is 24.5 Å². The Bertz CT molecular complexity index is 1200. The minimum Gasteiger partial charge on any atom is -0.465 e. The molecule has 2 unspecified atom stereocenters. The van der Waals surface area contributed by atoms with E-state index in [0.717, 1.165) is 51.4 Å². The van der Waals surface area contributed by atoms with Gasteiger partial charge in [0.2, 0.25) is 5.91 Å². The van der Waals surface area contributed by atoms with Crippen molar-refractivity contribution in [1.82, 2.24) is 5.32 Å². The van der Waals surface area contributed by atoms with Crippen LogP contribution in [0.1, 0.15) is 361 Å². The van der Waals surface area contributed by atoms with Crippen LogP contribution in [0.4, 0.5) is 0 Å². The molecule has 0 spiro atoms. The van der Waals surface area contributed by atoms with Gasteiger partial charge >= 0.3 is 5.97 Å². The zero-order chi connectivity index (χ0) is 53.6. The van der Waals surface area contributed by atoms with Gasteiger partial charge in [-0.1, -0.05) is 333 Å². The summed E-state index contributed by atoms with van der Waals surface area (Å²) in [7, 11) is 0. The molecule has 0 saturated heterocycles. The molecule has 1 amide bonds. The van der Waals surface area contributed by atoms with Gasteiger partial charge in [-0.15, -0.1) is 0 Å². The Balaban J connectivity index is 3.46. The number of aliphatic hydroxyl groups is 2. The number of hydrogen-bond acceptors (Lipinski definition) is 5. The van der Waals surface area contributed by atoms with Gasteiger partial charge in [0, 0.05) is 12.8 Å². The van der Waals surface area contributed by atoms with Crippen molar-refractivity contribution in [1.29, 1.82) is 0 Å². The van der Waals surface area contributed by atoms with Gasteiger partial charge in [-0.3, -0.25) is 9.59 Å². The van der Waals surface area contributed by atoms with Crippen LogP contribution < -0.4 is 5.32 Å². The topological polar surface area (TPSA) is 95.9 Å². The van der Waals surface area contributed by atoms with Crippen LogP contribution in [-0.2, 0) is 14.3 Å². The number of nitrogens with one attached hydrogen (secondary N) is 1. The van der Waals surface area contributed by atoms with Crippen molar-refractivity contribution in [2.45, 2.75) is 373 Å². The molecule has 3 N–H and O–H groups in total. The van der Waals surface area contributed by atoms with Gasteiger partial charge in [0.05, 0.1) is 25.4 Å². The predicted octanol–water partition coefficient (Wildman–Crippen LogP) is 21.1. The summed E-state index contributed by atoms with van der Waals surface area (Å²) in [6.07, 6.45) is 80.7. The SMILES string of the molecule is CCCCCCCCCCCCCCCCCCC/C=C/C(O)C(CO)NC(=O)CCCCCCCCCCCCCCCC/C=C\C/C=C\CCOC(=O)CCCCCCCCCCCCCCCCCCC. The molecule has 6 heteroatoms. The number of ether oxygens (including phenoxy) is 1. The first kappa shape index (κ1) is 72.1. The second-order valence-electron chi connectivity index (χ2n) is 22.8. The first-order chi connectivity index (χ1) is 36.5. The summed E-state index contributed by atoms with van der Waals surface area (Å²) in [5.74, 6) is -0.101. The molecule has 0 fully saturated rings. The summed E-state index contributed by atoms with van der Waals surface area (Å²) in [4.78, 5) is 24.6. The molecule has 0 radical (unpaired) electrons. The van der Waals surface area contributed by atoms with E-state index in [1.165, 1.54) is 283 Å². The van der Waals surface area contributed by atoms with Gasteiger partial charge in [-0.05, 0) is 51.4 Å². The molecular formula is C68H129NO5. The smallest absolute Gasteiger partial charge is 0.305 e. The van der Waals surface area contributed by atoms with Crippen LogP contribution >= 0.6 is 0 Å². The fourth-order valence-corrected chi connectivity index (χ4v) is 10.4. The van der Waals surface area contributed by atoms with E-state index in [9.17, 15) is 19.8 Å². The molecule has 0 aliphatic rings. The van der Waals surface area contributed by atoms with E-state index in [0.29, 0.717) is 19.4 Å². The molecule has 0 aromatic rings. The molecule has 0 bridgehead atoms. The quantitative estimate of drug-likeness (QED) is 0.0320. The van der Waals surface area contributed by atoms with Crippen LogP contribution in [0, 0.1) is 0 Å². The molecule has 0 aliphatic heterocycles. The monoisotopic (exact) mass is 1040 g/mol. The van der Waals surface area contributed by atoms with Crippen LogP contribution in [0.5, 0.6) is 0 Å². The largest absolute Gasteiger partial charge is 0.465 e. The van der Waals surface area contributed by atoms with Gasteiger partial charge in [0.1, 0.15) is 0 Å². The maximum Gasteiger partial charge on any atom is 0.305 e. The van der Waals surface area contributed by atoms with Crippen LogP contribution in [0.2, 0.25) is 0 Å². The summed E-state index contributed by atoms with van der Waals surface area (Å²) < 4.78 is 5.43. The van der Waals surface area contributed by atoms with Crippen molar-refractivity contribution in [2.24, 2.45) is 0 Å². The molecule has 0 rings (SSSR count). The zero-order valence-electron chi connectivity index (χ0n) is 49.8. The second-order valence-corrected chi connectivity index (χ2v) is 22.8. The van der Waals surface area contributed by atoms with Crippen molar-refractivity contribution in [3.63, 3.8) is 0 Å². The number of aliphatic hydroxyl groups excluding tert-OH is 2. The molecule has 0 saturated carbocycles. The standard InChI is InChI=1S/C68H129NO5/c1-3-5-7-9-11-13-15-17-19-21-25-29-32-36-40-44-48-52-56-60-66(71)65(64-70)69-67(72)61-57-53-49-45-41-37-33-30-26-23-22-24-27-31-35-39-43-47-51-55-59-63-74-68(73)62-58-54-50-46-42-38-34-28-20-18-16-14-12-10-8-6-4-2/h39,43,51,55-56,60,65-66,70-71H,3-38,40-42,44-50,52-54,57-59,61-64H2,1-2H3,(H,69,72)/b43-39-,55-51-,60-56+. The molecule has 74 heavy (non-hydrogen) atoms. The minimum atomic E-state index is -0.849. The Morgan fingerprint density at radius 3 is 1.03 bits per heavy atom. The fourth-order valence-electron chi connectivity index (χ4n) is 10.4. The van der Waals surface area contributed by atoms with Crippen LogP contribution in [0.3, 0.4) is 0 Å². The Kier molecular flexibility index (Phi) is 62.0. The fraction of sp³-hybridized carbons (Fsp3) is 0.882. The van der Waals surface area contributed by atoms with E-state index in [1.807, 2.05) is 6.08 Å². The Labute approximate surface area is 462 Å². The average molecular weight is 1040 g/mol. The normalized spacial score (nSPS) is 12.8. The first-order valence-electron chi connectivity index (χ1n) is 33.3. The highest BCUT2D eigenvalue weighted by molar-refractivity contribution is 5.76. The Morgan fingerprint density at radius 2 is 0.676 bits per heavy atom. The number of esters is 1. The van der Waals surface area contributed by atoms with Gasteiger partial charge < -0.3 is 20.3 Å². The van der Waals surface area contributed by atoms with E-state index in [-0.39, 0.29) is 18.5 Å². The van der Waals surface area contributed by atoms with Gasteiger partial charge in [0.15, 0.2) is 0 Å². The summed E-state index contributed by atoms with van der Waals surface area (Å²) in [6, 6.07) is -0.633. The van der Waals surface area contributed by atoms with Crippen LogP contribution in [-0.4, -0.2) is 47.4 Å². The zero-order valence-corrected chi connectivity index (χ0v) is 49.8. The average Bonchev–Trinajstić information content (AvgIpc) is 3.40. The summed E-state index contributed by atoms with van der Waals surface area (Å²) in [5, 5.41) is 23.2. The molecule has 2 atom stereocenters. The first-order valence-corrected chi connectivity index (χ1v) is 33.3. The number of hydrogen-bond donors (Lipinski definition) is 3. The van der Waals surface area contributed by atoms with Crippen LogP contribution in [0.15, 0.2) is 36.5 Å². The lowest BCUT2D eigenvalue weighted by molar-refractivity contribution is -0.143. The minimum absolute atomic E-state index is 0.0315. The number of carbonyl (C=O) groups is 2. The van der Waals surface area contributed by atoms with Gasteiger partial charge in [-0.25, -0.2) is 0 Å². The third-order valence-electron chi connectivity index (χ3n) is 15.4. The molecule has 0 aromatic heterocycles. The second kappa shape index (κ2) is 63.6. The van der Waals surface area contributed by atoms with Gasteiger partial charge in [0.25, 0.3) is 0 Å². The van der Waals surface area contributed by atoms with E-state index >= 15 is 0 Å². The highest BCUT2D eigenvalue weighted by atomic mass is 16.5. The number of amides is 1. The maximum absolute atomic E-state index is 12.5. The van der Waals surface area contributed by atoms with Crippen molar-refractivity contribution in [3.8, 4) is 0 Å². The molecule has 6 nitrogen and oxygen atoms in total. The van der Waals surface area contributed by atoms with E-state index in [4.69, 9.17) is 4.74 Å². The number of carbonyl (C=O) groups excluding carboxylic acids is 2. The Hall–Kier alpha value is -1.92. The van der Waals surface area contributed by atoms with Crippen molar-refractivity contribution >= 4 is 11.9 Å².